The summed E-state index contributed by atoms with van der Waals surface area (Å²) in [7, 11) is 0. The standard InChI is InChI=1S/C11H18O5/c1-10(2,3)7(12)8(13)15-9(14)16-11(4,5)6/h1-6H3. The first-order chi connectivity index (χ1) is 6.93. The minimum atomic E-state index is -1.19. The van der Waals surface area contributed by atoms with Crippen LogP contribution in [0.5, 0.6) is 0 Å². The lowest BCUT2D eigenvalue weighted by Crippen LogP contribution is -2.33. The van der Waals surface area contributed by atoms with E-state index in [1.807, 2.05) is 0 Å². The highest BCUT2D eigenvalue weighted by molar-refractivity contribution is 6.36. The topological polar surface area (TPSA) is 69.7 Å². The van der Waals surface area contributed by atoms with Crippen molar-refractivity contribution in [2.45, 2.75) is 47.1 Å². The van der Waals surface area contributed by atoms with Gasteiger partial charge in [0.25, 0.3) is 0 Å². The molecule has 0 N–H and O–H groups in total. The number of ether oxygens (including phenoxy) is 2. The summed E-state index contributed by atoms with van der Waals surface area (Å²) in [6, 6.07) is 0. The molecule has 92 valence electrons. The van der Waals surface area contributed by atoms with Crippen LogP contribution in [0.2, 0.25) is 0 Å². The molecule has 0 saturated heterocycles. The van der Waals surface area contributed by atoms with Crippen molar-refractivity contribution in [3.63, 3.8) is 0 Å². The summed E-state index contributed by atoms with van der Waals surface area (Å²) in [5.74, 6) is -1.96. The average molecular weight is 230 g/mol. The molecule has 5 heteroatoms. The molecule has 5 nitrogen and oxygen atoms in total. The quantitative estimate of drug-likeness (QED) is 0.392. The molecule has 0 aliphatic heterocycles. The number of rotatable bonds is 1. The molecule has 16 heavy (non-hydrogen) atoms. The maximum Gasteiger partial charge on any atom is 0.517 e. The van der Waals surface area contributed by atoms with Gasteiger partial charge in [-0.05, 0) is 20.8 Å². The average Bonchev–Trinajstić information content (AvgIpc) is 1.96. The predicted octanol–water partition coefficient (Wildman–Crippen LogP) is 2.08. The first-order valence-corrected chi connectivity index (χ1v) is 4.93. The zero-order valence-corrected chi connectivity index (χ0v) is 10.5. The fraction of sp³-hybridized carbons (Fsp3) is 0.727. The Morgan fingerprint density at radius 2 is 1.31 bits per heavy atom. The summed E-state index contributed by atoms with van der Waals surface area (Å²) >= 11 is 0. The number of Topliss-reactive ketones (excluding diaryl/α,β-unsaturated/α-hetero) is 1. The van der Waals surface area contributed by atoms with E-state index in [0.29, 0.717) is 0 Å². The molecule has 0 heterocycles. The van der Waals surface area contributed by atoms with Gasteiger partial charge in [-0.2, -0.15) is 0 Å². The summed E-state index contributed by atoms with van der Waals surface area (Å²) in [6.45, 7) is 9.57. The number of carbonyl (C=O) groups excluding carboxylic acids is 3. The molecular weight excluding hydrogens is 212 g/mol. The van der Waals surface area contributed by atoms with Crippen molar-refractivity contribution < 1.29 is 23.9 Å². The highest BCUT2D eigenvalue weighted by Crippen LogP contribution is 2.16. The molecule has 0 unspecified atom stereocenters. The van der Waals surface area contributed by atoms with Crippen molar-refractivity contribution in [1.29, 1.82) is 0 Å². The highest BCUT2D eigenvalue weighted by Gasteiger charge is 2.32. The lowest BCUT2D eigenvalue weighted by atomic mass is 9.91. The molecule has 0 atom stereocenters. The first-order valence-electron chi connectivity index (χ1n) is 4.93. The molecule has 0 bridgehead atoms. The van der Waals surface area contributed by atoms with Crippen molar-refractivity contribution in [2.75, 3.05) is 0 Å². The van der Waals surface area contributed by atoms with E-state index in [9.17, 15) is 14.4 Å². The molecule has 0 spiro atoms. The van der Waals surface area contributed by atoms with E-state index >= 15 is 0 Å². The van der Waals surface area contributed by atoms with Gasteiger partial charge in [0.2, 0.25) is 5.78 Å². The normalized spacial score (nSPS) is 11.9. The molecule has 0 aliphatic rings. The summed E-state index contributed by atoms with van der Waals surface area (Å²) in [5.41, 5.74) is -1.64. The molecule has 0 aromatic carbocycles. The number of esters is 1. The fourth-order valence-corrected chi connectivity index (χ4v) is 0.699. The Morgan fingerprint density at radius 3 is 1.62 bits per heavy atom. The van der Waals surface area contributed by atoms with Gasteiger partial charge >= 0.3 is 12.1 Å². The van der Waals surface area contributed by atoms with Crippen LogP contribution < -0.4 is 0 Å². The zero-order chi connectivity index (χ0) is 13.1. The molecule has 0 rings (SSSR count). The van der Waals surface area contributed by atoms with Crippen LogP contribution in [0.3, 0.4) is 0 Å². The summed E-state index contributed by atoms with van der Waals surface area (Å²) in [6.07, 6.45) is -1.16. The molecule has 0 radical (unpaired) electrons. The second-order valence-corrected chi connectivity index (χ2v) is 5.43. The third-order valence-corrected chi connectivity index (χ3v) is 1.43. The zero-order valence-electron chi connectivity index (χ0n) is 10.5. The van der Waals surface area contributed by atoms with Crippen LogP contribution in [0.25, 0.3) is 0 Å². The summed E-state index contributed by atoms with van der Waals surface area (Å²) < 4.78 is 9.00. The second kappa shape index (κ2) is 4.63. The van der Waals surface area contributed by atoms with Gasteiger partial charge in [0.1, 0.15) is 5.60 Å². The number of carbonyl (C=O) groups is 3. The number of ketones is 1. The molecule has 0 saturated carbocycles. The molecule has 0 aromatic heterocycles. The highest BCUT2D eigenvalue weighted by atomic mass is 16.7. The van der Waals surface area contributed by atoms with Crippen molar-refractivity contribution in [1.82, 2.24) is 0 Å². The van der Waals surface area contributed by atoms with Gasteiger partial charge in [-0.25, -0.2) is 9.59 Å². The van der Waals surface area contributed by atoms with Crippen molar-refractivity contribution >= 4 is 17.9 Å². The third kappa shape index (κ3) is 5.48. The summed E-state index contributed by atoms with van der Waals surface area (Å²) in [5, 5.41) is 0. The number of hydrogen-bond acceptors (Lipinski definition) is 5. The maximum atomic E-state index is 11.4. The first kappa shape index (κ1) is 14.6. The minimum absolute atomic E-state index is 0.762. The lowest BCUT2D eigenvalue weighted by Gasteiger charge is -2.19. The Morgan fingerprint density at radius 1 is 0.875 bits per heavy atom. The van der Waals surface area contributed by atoms with Crippen LogP contribution >= 0.6 is 0 Å². The van der Waals surface area contributed by atoms with Gasteiger partial charge in [-0.3, -0.25) is 4.79 Å². The van der Waals surface area contributed by atoms with E-state index in [1.54, 1.807) is 41.5 Å². The van der Waals surface area contributed by atoms with Crippen LogP contribution in [0.15, 0.2) is 0 Å². The lowest BCUT2D eigenvalue weighted by molar-refractivity contribution is -0.155. The molecular formula is C11H18O5. The second-order valence-electron chi connectivity index (χ2n) is 5.43. The van der Waals surface area contributed by atoms with Gasteiger partial charge in [0, 0.05) is 5.41 Å². The van der Waals surface area contributed by atoms with Crippen LogP contribution in [0.1, 0.15) is 41.5 Å². The Hall–Kier alpha value is -1.39. The van der Waals surface area contributed by atoms with Crippen molar-refractivity contribution in [3.05, 3.63) is 0 Å². The molecule has 0 fully saturated rings. The third-order valence-electron chi connectivity index (χ3n) is 1.43. The molecule has 0 aromatic rings. The monoisotopic (exact) mass is 230 g/mol. The molecule has 0 aliphatic carbocycles. The van der Waals surface area contributed by atoms with Crippen LogP contribution in [-0.2, 0) is 19.1 Å². The largest absolute Gasteiger partial charge is 0.517 e. The molecule has 0 amide bonds. The Bertz CT molecular complexity index is 303. The SMILES string of the molecule is CC(C)(C)OC(=O)OC(=O)C(=O)C(C)(C)C. The Kier molecular flexibility index (Phi) is 4.23. The predicted molar refractivity (Wildman–Crippen MR) is 56.8 cm³/mol. The van der Waals surface area contributed by atoms with E-state index in [2.05, 4.69) is 4.74 Å². The van der Waals surface area contributed by atoms with E-state index in [-0.39, 0.29) is 0 Å². The maximum absolute atomic E-state index is 11.4. The van der Waals surface area contributed by atoms with E-state index in [1.165, 1.54) is 0 Å². The fourth-order valence-electron chi connectivity index (χ4n) is 0.699. The van der Waals surface area contributed by atoms with Gasteiger partial charge in [0.05, 0.1) is 0 Å². The van der Waals surface area contributed by atoms with Crippen molar-refractivity contribution in [2.24, 2.45) is 5.41 Å². The Balaban J connectivity index is 4.38. The van der Waals surface area contributed by atoms with Crippen LogP contribution in [-0.4, -0.2) is 23.5 Å². The van der Waals surface area contributed by atoms with E-state index in [0.717, 1.165) is 0 Å². The Labute approximate surface area is 95.1 Å². The van der Waals surface area contributed by atoms with E-state index in [4.69, 9.17) is 4.74 Å². The minimum Gasteiger partial charge on any atom is -0.428 e. The van der Waals surface area contributed by atoms with Crippen LogP contribution in [0.4, 0.5) is 4.79 Å². The number of hydrogen-bond donors (Lipinski definition) is 0. The van der Waals surface area contributed by atoms with Gasteiger partial charge in [-0.15, -0.1) is 0 Å². The van der Waals surface area contributed by atoms with Gasteiger partial charge in [-0.1, -0.05) is 20.8 Å². The smallest absolute Gasteiger partial charge is 0.428 e. The van der Waals surface area contributed by atoms with Crippen molar-refractivity contribution in [3.8, 4) is 0 Å². The van der Waals surface area contributed by atoms with E-state index < -0.39 is 28.9 Å². The van der Waals surface area contributed by atoms with Gasteiger partial charge < -0.3 is 9.47 Å². The summed E-state index contributed by atoms with van der Waals surface area (Å²) in [4.78, 5) is 33.7. The van der Waals surface area contributed by atoms with Gasteiger partial charge in [0.15, 0.2) is 0 Å². The van der Waals surface area contributed by atoms with Crippen LogP contribution in [0, 0.1) is 5.41 Å².